The van der Waals surface area contributed by atoms with Crippen molar-refractivity contribution in [3.63, 3.8) is 0 Å². The smallest absolute Gasteiger partial charge is 0.0547 e. The third kappa shape index (κ3) is 2.35. The highest BCUT2D eigenvalue weighted by Gasteiger charge is 2.23. The summed E-state index contributed by atoms with van der Waals surface area (Å²) in [6.07, 6.45) is 5.46. The van der Waals surface area contributed by atoms with E-state index in [1.165, 1.54) is 23.2 Å². The van der Waals surface area contributed by atoms with Gasteiger partial charge in [0.1, 0.15) is 0 Å². The molecule has 19 heavy (non-hydrogen) atoms. The Balaban J connectivity index is 1.90. The largest absolute Gasteiger partial charge is 0.378 e. The van der Waals surface area contributed by atoms with Crippen LogP contribution >= 0.6 is 11.6 Å². The van der Waals surface area contributed by atoms with Crippen molar-refractivity contribution in [2.24, 2.45) is 7.05 Å². The van der Waals surface area contributed by atoms with Gasteiger partial charge in [0.25, 0.3) is 0 Å². The van der Waals surface area contributed by atoms with Crippen LogP contribution in [0.3, 0.4) is 0 Å². The Morgan fingerprint density at radius 2 is 2.26 bits per heavy atom. The predicted octanol–water partition coefficient (Wildman–Crippen LogP) is 3.87. The number of nitrogens with zero attached hydrogens (tertiary/aromatic N) is 2. The van der Waals surface area contributed by atoms with Gasteiger partial charge in [-0.05, 0) is 43.9 Å². The summed E-state index contributed by atoms with van der Waals surface area (Å²) >= 11 is 6.08. The zero-order chi connectivity index (χ0) is 13.4. The number of halogens is 1. The van der Waals surface area contributed by atoms with Gasteiger partial charge in [0.05, 0.1) is 12.2 Å². The lowest BCUT2D eigenvalue weighted by molar-refractivity contribution is 0.571. The number of nitrogens with one attached hydrogen (secondary N) is 1. The van der Waals surface area contributed by atoms with Gasteiger partial charge in [0.15, 0.2) is 0 Å². The van der Waals surface area contributed by atoms with E-state index in [-0.39, 0.29) is 0 Å². The van der Waals surface area contributed by atoms with Crippen LogP contribution in [0.2, 0.25) is 5.02 Å². The van der Waals surface area contributed by atoms with Crippen molar-refractivity contribution in [2.45, 2.75) is 32.2 Å². The number of rotatable bonds is 2. The molecular weight excluding hydrogens is 258 g/mol. The van der Waals surface area contributed by atoms with Crippen LogP contribution in [-0.2, 0) is 13.5 Å². The first-order valence-corrected chi connectivity index (χ1v) is 7.06. The topological polar surface area (TPSA) is 29.9 Å². The maximum absolute atomic E-state index is 6.08. The fraction of sp³-hybridized carbons (Fsp3) is 0.400. The fourth-order valence-corrected chi connectivity index (χ4v) is 2.97. The molecule has 4 heteroatoms. The molecule has 1 aliphatic rings. The Kier molecular flexibility index (Phi) is 3.23. The Morgan fingerprint density at radius 3 is 3.11 bits per heavy atom. The molecular formula is C15H18ClN3. The summed E-state index contributed by atoms with van der Waals surface area (Å²) in [5.41, 5.74) is 5.02. The number of fused-ring (bicyclic) bond motifs is 1. The summed E-state index contributed by atoms with van der Waals surface area (Å²) in [4.78, 5) is 0. The maximum Gasteiger partial charge on any atom is 0.0547 e. The molecule has 100 valence electrons. The Labute approximate surface area is 118 Å². The molecule has 1 aromatic carbocycles. The van der Waals surface area contributed by atoms with E-state index in [0.29, 0.717) is 6.04 Å². The molecule has 1 aliphatic carbocycles. The van der Waals surface area contributed by atoms with Crippen molar-refractivity contribution >= 4 is 17.3 Å². The monoisotopic (exact) mass is 275 g/mol. The number of benzene rings is 1. The predicted molar refractivity (Wildman–Crippen MR) is 78.7 cm³/mol. The molecule has 0 saturated carbocycles. The molecule has 2 aromatic rings. The highest BCUT2D eigenvalue weighted by atomic mass is 35.5. The quantitative estimate of drug-likeness (QED) is 0.902. The molecule has 3 rings (SSSR count). The van der Waals surface area contributed by atoms with Crippen molar-refractivity contribution in [1.82, 2.24) is 9.78 Å². The molecule has 0 radical (unpaired) electrons. The second-order valence-corrected chi connectivity index (χ2v) is 5.66. The minimum absolute atomic E-state index is 0.342. The van der Waals surface area contributed by atoms with Gasteiger partial charge in [-0.3, -0.25) is 4.68 Å². The van der Waals surface area contributed by atoms with E-state index in [2.05, 4.69) is 23.4 Å². The highest BCUT2D eigenvalue weighted by molar-refractivity contribution is 6.30. The maximum atomic E-state index is 6.08. The second-order valence-electron chi connectivity index (χ2n) is 5.22. The Bertz CT molecular complexity index is 603. The lowest BCUT2D eigenvalue weighted by atomic mass is 9.92. The van der Waals surface area contributed by atoms with Gasteiger partial charge in [-0.1, -0.05) is 17.7 Å². The molecule has 1 N–H and O–H groups in total. The number of hydrogen-bond donors (Lipinski definition) is 1. The lowest BCUT2D eigenvalue weighted by Gasteiger charge is -2.25. The number of anilines is 1. The Hall–Kier alpha value is -1.48. The summed E-state index contributed by atoms with van der Waals surface area (Å²) in [6, 6.07) is 6.33. The summed E-state index contributed by atoms with van der Waals surface area (Å²) in [7, 11) is 2.02. The first kappa shape index (κ1) is 12.5. The van der Waals surface area contributed by atoms with Crippen LogP contribution < -0.4 is 5.32 Å². The fourth-order valence-electron chi connectivity index (χ4n) is 2.79. The third-order valence-corrected chi connectivity index (χ3v) is 4.14. The van der Waals surface area contributed by atoms with E-state index in [0.717, 1.165) is 23.6 Å². The van der Waals surface area contributed by atoms with Crippen LogP contribution in [0.15, 0.2) is 24.4 Å². The van der Waals surface area contributed by atoms with E-state index < -0.39 is 0 Å². The van der Waals surface area contributed by atoms with Crippen LogP contribution in [-0.4, -0.2) is 9.78 Å². The zero-order valence-electron chi connectivity index (χ0n) is 11.3. The van der Waals surface area contributed by atoms with Crippen LogP contribution in [0.5, 0.6) is 0 Å². The molecule has 1 atom stereocenters. The summed E-state index contributed by atoms with van der Waals surface area (Å²) < 4.78 is 1.99. The minimum atomic E-state index is 0.342. The van der Waals surface area contributed by atoms with Gasteiger partial charge < -0.3 is 5.32 Å². The molecule has 1 aromatic heterocycles. The molecule has 0 amide bonds. The number of aromatic nitrogens is 2. The molecule has 1 heterocycles. The number of aryl methyl sites for hydroxylation is 2. The van der Waals surface area contributed by atoms with Crippen LogP contribution in [0.25, 0.3) is 0 Å². The third-order valence-electron chi connectivity index (χ3n) is 3.91. The number of hydrogen-bond acceptors (Lipinski definition) is 2. The molecule has 0 bridgehead atoms. The van der Waals surface area contributed by atoms with Gasteiger partial charge >= 0.3 is 0 Å². The van der Waals surface area contributed by atoms with E-state index in [9.17, 15) is 0 Å². The first-order valence-electron chi connectivity index (χ1n) is 6.68. The van der Waals surface area contributed by atoms with Crippen molar-refractivity contribution in [2.75, 3.05) is 5.32 Å². The SMILES string of the molecule is Cc1ccc(Cl)cc1NC1CCCc2c1cnn2C. The lowest BCUT2D eigenvalue weighted by Crippen LogP contribution is -2.18. The van der Waals surface area contributed by atoms with E-state index in [4.69, 9.17) is 11.6 Å². The molecule has 0 saturated heterocycles. The van der Waals surface area contributed by atoms with Gasteiger partial charge in [-0.2, -0.15) is 5.10 Å². The van der Waals surface area contributed by atoms with Gasteiger partial charge in [-0.25, -0.2) is 0 Å². The summed E-state index contributed by atoms with van der Waals surface area (Å²) in [6.45, 7) is 2.10. The van der Waals surface area contributed by atoms with Crippen molar-refractivity contribution in [1.29, 1.82) is 0 Å². The van der Waals surface area contributed by atoms with Crippen molar-refractivity contribution in [3.8, 4) is 0 Å². The molecule has 0 aliphatic heterocycles. The van der Waals surface area contributed by atoms with Crippen LogP contribution in [0.1, 0.15) is 35.7 Å². The first-order chi connectivity index (χ1) is 9.15. The second kappa shape index (κ2) is 4.89. The van der Waals surface area contributed by atoms with Crippen molar-refractivity contribution in [3.05, 3.63) is 46.2 Å². The van der Waals surface area contributed by atoms with E-state index in [1.54, 1.807) is 0 Å². The molecule has 0 spiro atoms. The van der Waals surface area contributed by atoms with Crippen molar-refractivity contribution < 1.29 is 0 Å². The summed E-state index contributed by atoms with van der Waals surface area (Å²) in [5.74, 6) is 0. The van der Waals surface area contributed by atoms with E-state index in [1.807, 2.05) is 30.1 Å². The standard InChI is InChI=1S/C15H18ClN3/c1-10-6-7-11(16)8-14(10)18-13-4-3-5-15-12(13)9-17-19(15)2/h6-9,13,18H,3-5H2,1-2H3. The van der Waals surface area contributed by atoms with Gasteiger partial charge in [0, 0.05) is 29.0 Å². The summed E-state index contributed by atoms with van der Waals surface area (Å²) in [5, 5.41) is 8.78. The highest BCUT2D eigenvalue weighted by Crippen LogP contribution is 2.33. The average Bonchev–Trinajstić information content (AvgIpc) is 2.77. The van der Waals surface area contributed by atoms with E-state index >= 15 is 0 Å². The molecule has 1 unspecified atom stereocenters. The normalized spacial score (nSPS) is 18.2. The minimum Gasteiger partial charge on any atom is -0.378 e. The molecule has 0 fully saturated rings. The molecule has 3 nitrogen and oxygen atoms in total. The van der Waals surface area contributed by atoms with Crippen LogP contribution in [0.4, 0.5) is 5.69 Å². The van der Waals surface area contributed by atoms with Gasteiger partial charge in [-0.15, -0.1) is 0 Å². The zero-order valence-corrected chi connectivity index (χ0v) is 12.0. The van der Waals surface area contributed by atoms with Gasteiger partial charge in [0.2, 0.25) is 0 Å². The Morgan fingerprint density at radius 1 is 1.42 bits per heavy atom. The van der Waals surface area contributed by atoms with Crippen LogP contribution in [0, 0.1) is 6.92 Å². The average molecular weight is 276 g/mol.